The molecule has 0 spiro atoms. The van der Waals surface area contributed by atoms with Crippen LogP contribution >= 0.6 is 0 Å². The fourth-order valence-electron chi connectivity index (χ4n) is 13.2. The lowest BCUT2D eigenvalue weighted by Crippen LogP contribution is -2.66. The summed E-state index contributed by atoms with van der Waals surface area (Å²) < 4.78 is 34.4. The van der Waals surface area contributed by atoms with Gasteiger partial charge in [0.25, 0.3) is 0 Å². The zero-order valence-electron chi connectivity index (χ0n) is 60.6. The number of allylic oxidation sites excluding steroid dienone is 7. The van der Waals surface area contributed by atoms with Crippen LogP contribution in [0.4, 0.5) is 0 Å². The molecule has 3 fully saturated rings. The maximum atomic E-state index is 13.4. The molecule has 17 unspecified atom stereocenters. The Bertz CT molecular complexity index is 1940. The van der Waals surface area contributed by atoms with Crippen molar-refractivity contribution in [2.45, 2.75) is 413 Å². The summed E-state index contributed by atoms with van der Waals surface area (Å²) in [7, 11) is 0. The molecule has 0 aromatic rings. The van der Waals surface area contributed by atoms with Crippen molar-refractivity contribution in [1.82, 2.24) is 5.32 Å². The van der Waals surface area contributed by atoms with Gasteiger partial charge in [-0.2, -0.15) is 0 Å². The highest BCUT2D eigenvalue weighted by atomic mass is 16.8. The molecule has 3 heterocycles. The van der Waals surface area contributed by atoms with Gasteiger partial charge >= 0.3 is 0 Å². The zero-order valence-corrected chi connectivity index (χ0v) is 60.6. The first-order valence-electron chi connectivity index (χ1n) is 39.4. The molecule has 97 heavy (non-hydrogen) atoms. The first kappa shape index (κ1) is 89.0. The van der Waals surface area contributed by atoms with E-state index in [2.05, 4.69) is 55.6 Å². The molecule has 0 bridgehead atoms. The van der Waals surface area contributed by atoms with Gasteiger partial charge in [-0.15, -0.1) is 0 Å². The highest BCUT2D eigenvalue weighted by Gasteiger charge is 2.53. The largest absolute Gasteiger partial charge is 0.394 e. The normalized spacial score (nSPS) is 27.1. The second-order valence-corrected chi connectivity index (χ2v) is 28.2. The molecule has 3 rings (SSSR count). The smallest absolute Gasteiger partial charge is 0.220 e. The van der Waals surface area contributed by atoms with Gasteiger partial charge < -0.3 is 89.9 Å². The van der Waals surface area contributed by atoms with E-state index in [1.54, 1.807) is 6.08 Å². The third-order valence-electron chi connectivity index (χ3n) is 19.6. The molecule has 17 atom stereocenters. The van der Waals surface area contributed by atoms with E-state index in [0.717, 1.165) is 57.8 Å². The Kier molecular flexibility index (Phi) is 54.3. The summed E-state index contributed by atoms with van der Waals surface area (Å²) in [4.78, 5) is 13.4. The topological polar surface area (TPSA) is 307 Å². The number of aliphatic hydroxyl groups is 11. The Hall–Kier alpha value is -2.25. The first-order valence-corrected chi connectivity index (χ1v) is 39.4. The molecule has 19 nitrogen and oxygen atoms in total. The summed E-state index contributed by atoms with van der Waals surface area (Å²) in [5.74, 6) is -0.288. The van der Waals surface area contributed by atoms with Crippen LogP contribution in [-0.2, 0) is 33.2 Å². The predicted molar refractivity (Wildman–Crippen MR) is 383 cm³/mol. The minimum Gasteiger partial charge on any atom is -0.394 e. The van der Waals surface area contributed by atoms with E-state index in [1.165, 1.54) is 218 Å². The Morgan fingerprint density at radius 1 is 0.371 bits per heavy atom. The predicted octanol–water partition coefficient (Wildman–Crippen LogP) is 12.5. The molecule has 19 heteroatoms. The average Bonchev–Trinajstić information content (AvgIpc) is 0.795. The van der Waals surface area contributed by atoms with Crippen molar-refractivity contribution in [1.29, 1.82) is 0 Å². The number of unbranched alkanes of at least 4 members (excludes halogenated alkanes) is 40. The molecule has 0 aromatic carbocycles. The molecule has 1 amide bonds. The van der Waals surface area contributed by atoms with E-state index >= 15 is 0 Å². The quantitative estimate of drug-likeness (QED) is 0.0199. The van der Waals surface area contributed by atoms with Crippen LogP contribution in [0, 0.1) is 0 Å². The van der Waals surface area contributed by atoms with Gasteiger partial charge in [0.15, 0.2) is 18.9 Å². The molecule has 0 aliphatic carbocycles. The summed E-state index contributed by atoms with van der Waals surface area (Å²) in [6.07, 6.45) is 46.8. The number of carbonyl (C=O) groups excluding carboxylic acids is 1. The Morgan fingerprint density at radius 2 is 0.691 bits per heavy atom. The highest BCUT2D eigenvalue weighted by Crippen LogP contribution is 2.33. The molecule has 3 aliphatic rings. The Balaban J connectivity index is 1.38. The summed E-state index contributed by atoms with van der Waals surface area (Å²) in [5.41, 5.74) is 0. The highest BCUT2D eigenvalue weighted by molar-refractivity contribution is 5.76. The summed E-state index contributed by atoms with van der Waals surface area (Å²) in [6, 6.07) is -0.995. The van der Waals surface area contributed by atoms with Crippen molar-refractivity contribution in [2.24, 2.45) is 0 Å². The van der Waals surface area contributed by atoms with Crippen LogP contribution in [-0.4, -0.2) is 193 Å². The molecule has 12 N–H and O–H groups in total. The average molecular weight is 1380 g/mol. The molecule has 0 aromatic heterocycles. The van der Waals surface area contributed by atoms with E-state index < -0.39 is 124 Å². The Labute approximate surface area is 586 Å². The van der Waals surface area contributed by atoms with E-state index in [9.17, 15) is 61.0 Å². The number of ether oxygens (including phenoxy) is 6. The van der Waals surface area contributed by atoms with E-state index in [4.69, 9.17) is 28.4 Å². The lowest BCUT2D eigenvalue weighted by Gasteiger charge is -2.48. The van der Waals surface area contributed by atoms with E-state index in [1.807, 2.05) is 6.08 Å². The number of nitrogens with one attached hydrogen (secondary N) is 1. The van der Waals surface area contributed by atoms with Crippen LogP contribution in [0.25, 0.3) is 0 Å². The lowest BCUT2D eigenvalue weighted by molar-refractivity contribution is -0.379. The van der Waals surface area contributed by atoms with E-state index in [-0.39, 0.29) is 18.9 Å². The fourth-order valence-corrected chi connectivity index (χ4v) is 13.2. The van der Waals surface area contributed by atoms with Gasteiger partial charge in [-0.05, 0) is 64.2 Å². The minimum atomic E-state index is -1.98. The third-order valence-corrected chi connectivity index (χ3v) is 19.6. The van der Waals surface area contributed by atoms with Crippen LogP contribution in [0.1, 0.15) is 309 Å². The van der Waals surface area contributed by atoms with Crippen LogP contribution < -0.4 is 5.32 Å². The van der Waals surface area contributed by atoms with Crippen LogP contribution in [0.3, 0.4) is 0 Å². The van der Waals surface area contributed by atoms with Crippen molar-refractivity contribution in [3.8, 4) is 0 Å². The van der Waals surface area contributed by atoms with Crippen molar-refractivity contribution in [3.05, 3.63) is 48.6 Å². The lowest BCUT2D eigenvalue weighted by atomic mass is 9.96. The van der Waals surface area contributed by atoms with Gasteiger partial charge in [0.2, 0.25) is 5.91 Å². The second kappa shape index (κ2) is 59.2. The number of hydrogen-bond acceptors (Lipinski definition) is 18. The van der Waals surface area contributed by atoms with Crippen LogP contribution in [0.5, 0.6) is 0 Å². The van der Waals surface area contributed by atoms with Crippen molar-refractivity contribution < 1.29 is 89.4 Å². The summed E-state index contributed by atoms with van der Waals surface area (Å²) in [6.45, 7) is 1.72. The van der Waals surface area contributed by atoms with Crippen molar-refractivity contribution >= 4 is 5.91 Å². The standard InChI is InChI=1S/C78H143NO18/c1-3-5-7-9-11-13-15-17-19-21-23-24-25-26-27-28-29-30-31-32-33-34-35-36-38-39-41-43-45-47-49-51-53-55-62(83)61(79-66(84)56-54-52-50-48-46-44-42-40-37-22-20-18-16-14-12-10-8-6-4-2)60-92-76-72(90)69(87)74(64(58-81)94-76)97-78-73(91)70(88)75(65(59-82)95-78)96-77-71(89)68(86)67(85)63(57-80)93-77/h12,14,18,20,45,47,53,55,61-65,67-78,80-83,85-91H,3-11,13,15-17,19,21-44,46,48-52,54,56-60H2,1-2H3,(H,79,84)/b14-12-,20-18-,47-45+,55-53+. The molecule has 3 saturated heterocycles. The molecule has 568 valence electrons. The molecular formula is C78H143NO18. The van der Waals surface area contributed by atoms with Gasteiger partial charge in [0.05, 0.1) is 38.6 Å². The summed E-state index contributed by atoms with van der Waals surface area (Å²) in [5, 5.41) is 121. The summed E-state index contributed by atoms with van der Waals surface area (Å²) >= 11 is 0. The number of carbonyl (C=O) groups is 1. The SMILES string of the molecule is CCCCC/C=C\C/C=C\CCCCCCCCCCCC(=O)NC(COC1OC(CO)C(OC2OC(CO)C(OC3OC(CO)C(O)C(O)C3O)C(O)C2O)C(O)C1O)C(O)/C=C/CC/C=C/CCCCCCCCCCCCCCCCCCCCCCCCCCCCC. The van der Waals surface area contributed by atoms with Crippen LogP contribution in [0.15, 0.2) is 48.6 Å². The van der Waals surface area contributed by atoms with Gasteiger partial charge in [-0.1, -0.05) is 287 Å². The minimum absolute atomic E-state index is 0.230. The van der Waals surface area contributed by atoms with Crippen LogP contribution in [0.2, 0.25) is 0 Å². The first-order chi connectivity index (χ1) is 47.3. The van der Waals surface area contributed by atoms with Gasteiger partial charge in [0, 0.05) is 6.42 Å². The zero-order chi connectivity index (χ0) is 70.4. The molecule has 0 radical (unpaired) electrons. The number of rotatable bonds is 62. The maximum Gasteiger partial charge on any atom is 0.220 e. The monoisotopic (exact) mass is 1380 g/mol. The van der Waals surface area contributed by atoms with Crippen molar-refractivity contribution in [3.63, 3.8) is 0 Å². The van der Waals surface area contributed by atoms with Gasteiger partial charge in [0.1, 0.15) is 73.2 Å². The third kappa shape index (κ3) is 39.8. The van der Waals surface area contributed by atoms with E-state index in [0.29, 0.717) is 12.8 Å². The maximum absolute atomic E-state index is 13.4. The fraction of sp³-hybridized carbons (Fsp3) is 0.885. The molecule has 3 aliphatic heterocycles. The second-order valence-electron chi connectivity index (χ2n) is 28.2. The van der Waals surface area contributed by atoms with Gasteiger partial charge in [-0.3, -0.25) is 4.79 Å². The number of aliphatic hydroxyl groups excluding tert-OH is 11. The Morgan fingerprint density at radius 3 is 1.11 bits per heavy atom. The van der Waals surface area contributed by atoms with Crippen molar-refractivity contribution in [2.75, 3.05) is 26.4 Å². The number of amides is 1. The number of hydrogen-bond donors (Lipinski definition) is 12. The molecular weight excluding hydrogens is 1240 g/mol. The van der Waals surface area contributed by atoms with Gasteiger partial charge in [-0.25, -0.2) is 0 Å². The molecule has 0 saturated carbocycles.